The van der Waals surface area contributed by atoms with Gasteiger partial charge in [-0.25, -0.2) is 0 Å². The minimum Gasteiger partial charge on any atom is -0.313 e. The Morgan fingerprint density at radius 2 is 2.06 bits per heavy atom. The first-order chi connectivity index (χ1) is 8.20. The first-order valence-electron chi connectivity index (χ1n) is 7.38. The lowest BCUT2D eigenvalue weighted by Crippen LogP contribution is -2.47. The molecule has 3 unspecified atom stereocenters. The fourth-order valence-corrected chi connectivity index (χ4v) is 3.23. The molecule has 1 N–H and O–H groups in total. The highest BCUT2D eigenvalue weighted by atomic mass is 15.2. The van der Waals surface area contributed by atoms with Gasteiger partial charge in [-0.05, 0) is 52.7 Å². The summed E-state index contributed by atoms with van der Waals surface area (Å²) in [6.45, 7) is 9.66. The van der Waals surface area contributed by atoms with Crippen LogP contribution < -0.4 is 5.32 Å². The van der Waals surface area contributed by atoms with Gasteiger partial charge in [0.2, 0.25) is 0 Å². The number of piperidine rings is 1. The highest BCUT2D eigenvalue weighted by Gasteiger charge is 2.31. The summed E-state index contributed by atoms with van der Waals surface area (Å²) in [6, 6.07) is 2.36. The fraction of sp³-hybridized carbons (Fsp3) is 1.00. The summed E-state index contributed by atoms with van der Waals surface area (Å²) in [5, 5.41) is 3.67. The topological polar surface area (TPSA) is 18.5 Å². The number of hydrogen-bond acceptors (Lipinski definition) is 3. The number of rotatable bonds is 4. The Bertz CT molecular complexity index is 232. The van der Waals surface area contributed by atoms with E-state index in [4.69, 9.17) is 0 Å². The maximum absolute atomic E-state index is 3.67. The standard InChI is InChI=1S/C14H29N3/c1-4-7-15-13-5-9-17(11-13)14-6-8-16(3)12(2)10-14/h12-15H,4-11H2,1-3H3. The van der Waals surface area contributed by atoms with E-state index in [1.807, 2.05) is 0 Å². The van der Waals surface area contributed by atoms with Gasteiger partial charge in [0.05, 0.1) is 0 Å². The third-order valence-electron chi connectivity index (χ3n) is 4.60. The van der Waals surface area contributed by atoms with Crippen molar-refractivity contribution in [2.24, 2.45) is 0 Å². The highest BCUT2D eigenvalue weighted by molar-refractivity contribution is 4.89. The number of nitrogens with one attached hydrogen (secondary N) is 1. The Kier molecular flexibility index (Phi) is 4.83. The van der Waals surface area contributed by atoms with Gasteiger partial charge in [-0.15, -0.1) is 0 Å². The summed E-state index contributed by atoms with van der Waals surface area (Å²) in [6.07, 6.45) is 5.32. The predicted molar refractivity (Wildman–Crippen MR) is 73.4 cm³/mol. The molecule has 0 saturated carbocycles. The molecule has 0 radical (unpaired) electrons. The van der Waals surface area contributed by atoms with Crippen molar-refractivity contribution < 1.29 is 0 Å². The second-order valence-electron chi connectivity index (χ2n) is 5.94. The van der Waals surface area contributed by atoms with Crippen molar-refractivity contribution in [3.8, 4) is 0 Å². The molecule has 0 spiro atoms. The van der Waals surface area contributed by atoms with Gasteiger partial charge >= 0.3 is 0 Å². The molecule has 3 nitrogen and oxygen atoms in total. The second-order valence-corrected chi connectivity index (χ2v) is 5.94. The summed E-state index contributed by atoms with van der Waals surface area (Å²) in [5.41, 5.74) is 0. The van der Waals surface area contributed by atoms with Crippen molar-refractivity contribution in [1.29, 1.82) is 0 Å². The van der Waals surface area contributed by atoms with Gasteiger partial charge in [0.1, 0.15) is 0 Å². The molecule has 0 amide bonds. The average Bonchev–Trinajstić information content (AvgIpc) is 2.79. The zero-order chi connectivity index (χ0) is 12.3. The molecule has 3 heteroatoms. The van der Waals surface area contributed by atoms with E-state index < -0.39 is 0 Å². The van der Waals surface area contributed by atoms with Gasteiger partial charge in [-0.1, -0.05) is 6.92 Å². The predicted octanol–water partition coefficient (Wildman–Crippen LogP) is 1.54. The van der Waals surface area contributed by atoms with Crippen LogP contribution in [0.1, 0.15) is 39.5 Å². The molecule has 2 rings (SSSR count). The van der Waals surface area contributed by atoms with Crippen molar-refractivity contribution in [3.05, 3.63) is 0 Å². The molecule has 2 aliphatic rings. The second kappa shape index (κ2) is 6.17. The molecule has 0 aliphatic carbocycles. The van der Waals surface area contributed by atoms with Crippen LogP contribution in [0.5, 0.6) is 0 Å². The molecule has 2 heterocycles. The minimum absolute atomic E-state index is 0.755. The molecule has 3 atom stereocenters. The van der Waals surface area contributed by atoms with Crippen molar-refractivity contribution in [2.45, 2.75) is 57.7 Å². The van der Waals surface area contributed by atoms with E-state index in [-0.39, 0.29) is 0 Å². The van der Waals surface area contributed by atoms with Crippen molar-refractivity contribution in [1.82, 2.24) is 15.1 Å². The largest absolute Gasteiger partial charge is 0.313 e. The smallest absolute Gasteiger partial charge is 0.0207 e. The van der Waals surface area contributed by atoms with E-state index in [1.54, 1.807) is 0 Å². The summed E-state index contributed by atoms with van der Waals surface area (Å²) in [5.74, 6) is 0. The first kappa shape index (κ1) is 13.3. The summed E-state index contributed by atoms with van der Waals surface area (Å²) in [4.78, 5) is 5.23. The zero-order valence-electron chi connectivity index (χ0n) is 11.8. The Balaban J connectivity index is 1.76. The van der Waals surface area contributed by atoms with E-state index in [1.165, 1.54) is 51.9 Å². The van der Waals surface area contributed by atoms with Crippen molar-refractivity contribution in [2.75, 3.05) is 33.2 Å². The van der Waals surface area contributed by atoms with Crippen molar-refractivity contribution in [3.63, 3.8) is 0 Å². The van der Waals surface area contributed by atoms with Crippen LogP contribution >= 0.6 is 0 Å². The Morgan fingerprint density at radius 1 is 1.24 bits per heavy atom. The summed E-state index contributed by atoms with van der Waals surface area (Å²) < 4.78 is 0. The number of likely N-dealkylation sites (tertiary alicyclic amines) is 2. The number of nitrogens with zero attached hydrogens (tertiary/aromatic N) is 2. The van der Waals surface area contributed by atoms with Gasteiger partial charge in [-0.2, -0.15) is 0 Å². The van der Waals surface area contributed by atoms with E-state index in [2.05, 4.69) is 36.0 Å². The molecule has 2 fully saturated rings. The Hall–Kier alpha value is -0.120. The SMILES string of the molecule is CCCNC1CCN(C2CCN(C)C(C)C2)C1. The van der Waals surface area contributed by atoms with E-state index in [9.17, 15) is 0 Å². The van der Waals surface area contributed by atoms with E-state index in [0.717, 1.165) is 18.1 Å². The molecule has 100 valence electrons. The quantitative estimate of drug-likeness (QED) is 0.803. The lowest BCUT2D eigenvalue weighted by atomic mass is 9.98. The molecule has 0 bridgehead atoms. The monoisotopic (exact) mass is 239 g/mol. The van der Waals surface area contributed by atoms with Crippen LogP contribution in [0.15, 0.2) is 0 Å². The highest BCUT2D eigenvalue weighted by Crippen LogP contribution is 2.24. The van der Waals surface area contributed by atoms with Crippen LogP contribution in [0.25, 0.3) is 0 Å². The van der Waals surface area contributed by atoms with Crippen molar-refractivity contribution >= 4 is 0 Å². The minimum atomic E-state index is 0.755. The van der Waals surface area contributed by atoms with Crippen LogP contribution in [0.2, 0.25) is 0 Å². The van der Waals surface area contributed by atoms with Crippen LogP contribution in [0.3, 0.4) is 0 Å². The molecule has 0 aromatic rings. The molecule has 2 aliphatic heterocycles. The van der Waals surface area contributed by atoms with Crippen LogP contribution in [-0.4, -0.2) is 61.2 Å². The first-order valence-corrected chi connectivity index (χ1v) is 7.38. The van der Waals surface area contributed by atoms with Gasteiger partial charge in [0, 0.05) is 31.2 Å². The Labute approximate surface area is 107 Å². The fourth-order valence-electron chi connectivity index (χ4n) is 3.23. The summed E-state index contributed by atoms with van der Waals surface area (Å²) >= 11 is 0. The molecule has 0 aromatic heterocycles. The van der Waals surface area contributed by atoms with Gasteiger partial charge in [0.25, 0.3) is 0 Å². The van der Waals surface area contributed by atoms with Crippen LogP contribution in [0.4, 0.5) is 0 Å². The molecule has 0 aromatic carbocycles. The third-order valence-corrected chi connectivity index (χ3v) is 4.60. The van der Waals surface area contributed by atoms with Gasteiger partial charge in [0.15, 0.2) is 0 Å². The number of hydrogen-bond donors (Lipinski definition) is 1. The lowest BCUT2D eigenvalue weighted by molar-refractivity contribution is 0.102. The zero-order valence-corrected chi connectivity index (χ0v) is 11.8. The maximum atomic E-state index is 3.67. The summed E-state index contributed by atoms with van der Waals surface area (Å²) in [7, 11) is 2.26. The van der Waals surface area contributed by atoms with Crippen LogP contribution in [-0.2, 0) is 0 Å². The molecule has 2 saturated heterocycles. The van der Waals surface area contributed by atoms with Gasteiger partial charge < -0.3 is 10.2 Å². The van der Waals surface area contributed by atoms with E-state index >= 15 is 0 Å². The van der Waals surface area contributed by atoms with Gasteiger partial charge in [-0.3, -0.25) is 4.90 Å². The Morgan fingerprint density at radius 3 is 2.76 bits per heavy atom. The average molecular weight is 239 g/mol. The molecule has 17 heavy (non-hydrogen) atoms. The van der Waals surface area contributed by atoms with Crippen LogP contribution in [0, 0.1) is 0 Å². The molecular formula is C14H29N3. The normalized spacial score (nSPS) is 36.5. The maximum Gasteiger partial charge on any atom is 0.0207 e. The third kappa shape index (κ3) is 3.43. The lowest BCUT2D eigenvalue weighted by Gasteiger charge is -2.39. The molecular weight excluding hydrogens is 210 g/mol. The van der Waals surface area contributed by atoms with E-state index in [0.29, 0.717) is 0 Å².